The van der Waals surface area contributed by atoms with E-state index >= 15 is 0 Å². The number of hydrogen-bond donors (Lipinski definition) is 0. The summed E-state index contributed by atoms with van der Waals surface area (Å²) in [7, 11) is 1.18. The highest BCUT2D eigenvalue weighted by atomic mass is 79.9. The lowest BCUT2D eigenvalue weighted by molar-refractivity contribution is -0.385. The summed E-state index contributed by atoms with van der Waals surface area (Å²) < 4.78 is 25.0. The van der Waals surface area contributed by atoms with Crippen LogP contribution in [0.25, 0.3) is 0 Å². The van der Waals surface area contributed by atoms with Gasteiger partial charge < -0.3 is 14.3 Å². The third kappa shape index (κ3) is 7.30. The van der Waals surface area contributed by atoms with Gasteiger partial charge in [0.1, 0.15) is 13.7 Å². The van der Waals surface area contributed by atoms with E-state index in [1.807, 2.05) is 0 Å². The lowest BCUT2D eigenvalue weighted by Crippen LogP contribution is -2.39. The van der Waals surface area contributed by atoms with Crippen molar-refractivity contribution < 1.29 is 38.1 Å². The minimum Gasteiger partial charge on any atom is -0.461 e. The highest BCUT2D eigenvalue weighted by Crippen LogP contribution is 2.20. The number of alkyl halides is 2. The van der Waals surface area contributed by atoms with Gasteiger partial charge in [0.25, 0.3) is 11.4 Å². The summed E-state index contributed by atoms with van der Waals surface area (Å²) in [4.78, 5) is 48.2. The van der Waals surface area contributed by atoms with Crippen molar-refractivity contribution in [2.75, 3.05) is 13.7 Å². The Balaban J connectivity index is 2.10. The molecule has 2 rings (SSSR count). The van der Waals surface area contributed by atoms with Crippen LogP contribution >= 0.6 is 15.9 Å². The first-order chi connectivity index (χ1) is 16.1. The van der Waals surface area contributed by atoms with Crippen molar-refractivity contribution in [1.82, 2.24) is 0 Å². The SMILES string of the molecule is CON=C[C@@H](F)[C@H](OC(=O)c1ccc([N+](=O)[O-])cc1)[C@@H](Br)COC(=O)c1ccc([N+](=O)[O-])cc1. The molecule has 0 unspecified atom stereocenters. The molecule has 2 aromatic carbocycles. The number of nitro groups is 2. The summed E-state index contributed by atoms with van der Waals surface area (Å²) in [5.74, 6) is -1.83. The fourth-order valence-corrected chi connectivity index (χ4v) is 3.04. The number of benzene rings is 2. The number of nitrogens with zero attached hydrogens (tertiary/aromatic N) is 3. The molecular weight excluding hydrogens is 525 g/mol. The van der Waals surface area contributed by atoms with Crippen LogP contribution in [0.5, 0.6) is 0 Å². The minimum absolute atomic E-state index is 0.0162. The summed E-state index contributed by atoms with van der Waals surface area (Å²) in [6.07, 6.45) is -2.78. The first kappa shape index (κ1) is 26.3. The van der Waals surface area contributed by atoms with Crippen LogP contribution in [0.15, 0.2) is 53.7 Å². The Bertz CT molecular complexity index is 1060. The zero-order valence-corrected chi connectivity index (χ0v) is 19.0. The van der Waals surface area contributed by atoms with Gasteiger partial charge in [0.05, 0.1) is 32.0 Å². The third-order valence-electron chi connectivity index (χ3n) is 4.22. The van der Waals surface area contributed by atoms with Gasteiger partial charge in [0, 0.05) is 24.3 Å². The molecular formula is C20H17BrFN3O9. The molecule has 0 amide bonds. The number of esters is 2. The average Bonchev–Trinajstić information content (AvgIpc) is 2.83. The first-order valence-electron chi connectivity index (χ1n) is 9.35. The van der Waals surface area contributed by atoms with E-state index in [9.17, 15) is 34.2 Å². The zero-order chi connectivity index (χ0) is 25.3. The Hall–Kier alpha value is -3.94. The van der Waals surface area contributed by atoms with E-state index in [1.165, 1.54) is 19.2 Å². The molecule has 14 heteroatoms. The maximum atomic E-state index is 14.7. The van der Waals surface area contributed by atoms with Gasteiger partial charge in [-0.2, -0.15) is 0 Å². The van der Waals surface area contributed by atoms with Gasteiger partial charge in [0.15, 0.2) is 12.3 Å². The molecule has 34 heavy (non-hydrogen) atoms. The van der Waals surface area contributed by atoms with Crippen molar-refractivity contribution in [2.45, 2.75) is 17.1 Å². The van der Waals surface area contributed by atoms with Gasteiger partial charge in [-0.05, 0) is 24.3 Å². The maximum Gasteiger partial charge on any atom is 0.338 e. The third-order valence-corrected chi connectivity index (χ3v) is 5.01. The van der Waals surface area contributed by atoms with Gasteiger partial charge in [-0.3, -0.25) is 20.2 Å². The number of rotatable bonds is 11. The van der Waals surface area contributed by atoms with Gasteiger partial charge in [-0.15, -0.1) is 0 Å². The molecule has 0 saturated heterocycles. The number of oxime groups is 1. The molecule has 0 N–H and O–H groups in total. The fourth-order valence-electron chi connectivity index (χ4n) is 2.51. The summed E-state index contributed by atoms with van der Waals surface area (Å²) in [6.45, 7) is -0.449. The fraction of sp³-hybridized carbons (Fsp3) is 0.250. The van der Waals surface area contributed by atoms with Crippen molar-refractivity contribution in [3.63, 3.8) is 0 Å². The minimum atomic E-state index is -1.98. The van der Waals surface area contributed by atoms with Crippen LogP contribution in [-0.2, 0) is 14.3 Å². The van der Waals surface area contributed by atoms with Gasteiger partial charge in [-0.25, -0.2) is 14.0 Å². The predicted molar refractivity (Wildman–Crippen MR) is 119 cm³/mol. The van der Waals surface area contributed by atoms with E-state index in [0.29, 0.717) is 0 Å². The molecule has 3 atom stereocenters. The van der Waals surface area contributed by atoms with E-state index in [4.69, 9.17) is 9.47 Å². The molecule has 0 spiro atoms. The van der Waals surface area contributed by atoms with E-state index in [0.717, 1.165) is 42.6 Å². The molecule has 0 aliphatic heterocycles. The van der Waals surface area contributed by atoms with Gasteiger partial charge in [0.2, 0.25) is 0 Å². The largest absolute Gasteiger partial charge is 0.461 e. The molecule has 0 fully saturated rings. The smallest absolute Gasteiger partial charge is 0.338 e. The van der Waals surface area contributed by atoms with Crippen LogP contribution in [0.1, 0.15) is 20.7 Å². The highest BCUT2D eigenvalue weighted by molar-refractivity contribution is 9.09. The van der Waals surface area contributed by atoms with Crippen LogP contribution in [0.4, 0.5) is 15.8 Å². The zero-order valence-electron chi connectivity index (χ0n) is 17.4. The van der Waals surface area contributed by atoms with Crippen molar-refractivity contribution >= 4 is 45.5 Å². The lowest BCUT2D eigenvalue weighted by Gasteiger charge is -2.24. The molecule has 0 bridgehead atoms. The molecule has 0 heterocycles. The molecule has 2 aromatic rings. The quantitative estimate of drug-likeness (QED) is 0.136. The normalized spacial score (nSPS) is 13.5. The summed E-state index contributed by atoms with van der Waals surface area (Å²) >= 11 is 3.12. The summed E-state index contributed by atoms with van der Waals surface area (Å²) in [5, 5.41) is 24.8. The Kier molecular flexibility index (Phi) is 9.55. The number of non-ortho nitro benzene ring substituents is 2. The molecule has 0 aliphatic rings. The second kappa shape index (κ2) is 12.3. The van der Waals surface area contributed by atoms with E-state index in [1.54, 1.807) is 0 Å². The molecule has 0 aromatic heterocycles. The van der Waals surface area contributed by atoms with Crippen molar-refractivity contribution in [2.24, 2.45) is 5.16 Å². The van der Waals surface area contributed by atoms with Crippen LogP contribution in [0.3, 0.4) is 0 Å². The average molecular weight is 542 g/mol. The molecule has 0 saturated carbocycles. The number of hydrogen-bond acceptors (Lipinski definition) is 10. The molecule has 12 nitrogen and oxygen atoms in total. The number of carbonyl (C=O) groups is 2. The van der Waals surface area contributed by atoms with Crippen LogP contribution in [0, 0.1) is 20.2 Å². The number of ether oxygens (including phenoxy) is 2. The summed E-state index contributed by atoms with van der Waals surface area (Å²) in [5.41, 5.74) is -0.525. The van der Waals surface area contributed by atoms with E-state index in [2.05, 4.69) is 25.9 Å². The van der Waals surface area contributed by atoms with Gasteiger partial charge in [-0.1, -0.05) is 21.1 Å². The van der Waals surface area contributed by atoms with Crippen molar-refractivity contribution in [1.29, 1.82) is 0 Å². The lowest BCUT2D eigenvalue weighted by atomic mass is 10.1. The number of nitro benzene ring substituents is 2. The highest BCUT2D eigenvalue weighted by Gasteiger charge is 2.33. The second-order valence-electron chi connectivity index (χ2n) is 6.47. The van der Waals surface area contributed by atoms with E-state index < -0.39 is 45.5 Å². The Morgan fingerprint density at radius 2 is 1.47 bits per heavy atom. The number of halogens is 2. The van der Waals surface area contributed by atoms with Crippen molar-refractivity contribution in [3.8, 4) is 0 Å². The Morgan fingerprint density at radius 1 is 1.00 bits per heavy atom. The van der Waals surface area contributed by atoms with E-state index in [-0.39, 0.29) is 22.5 Å². The van der Waals surface area contributed by atoms with Crippen molar-refractivity contribution in [3.05, 3.63) is 79.9 Å². The monoisotopic (exact) mass is 541 g/mol. The van der Waals surface area contributed by atoms with Crippen LogP contribution < -0.4 is 0 Å². The predicted octanol–water partition coefficient (Wildman–Crippen LogP) is 3.62. The maximum absolute atomic E-state index is 14.7. The number of carbonyl (C=O) groups excluding carboxylic acids is 2. The van der Waals surface area contributed by atoms with Crippen LogP contribution in [-0.4, -0.2) is 58.8 Å². The second-order valence-corrected chi connectivity index (χ2v) is 7.65. The Labute approximate surface area is 199 Å². The summed E-state index contributed by atoms with van der Waals surface area (Å²) in [6, 6.07) is 9.09. The molecule has 0 radical (unpaired) electrons. The topological polar surface area (TPSA) is 160 Å². The molecule has 0 aliphatic carbocycles. The molecule has 180 valence electrons. The standard InChI is InChI=1S/C20H17BrFN3O9/c1-32-23-10-17(22)18(34-20(27)13-4-8-15(9-5-13)25(30)31)16(21)11-33-19(26)12-2-6-14(7-3-12)24(28)29/h2-10,16-18H,11H2,1H3/t16-,17+,18+/m0/s1. The van der Waals surface area contributed by atoms with Gasteiger partial charge >= 0.3 is 11.9 Å². The first-order valence-corrected chi connectivity index (χ1v) is 10.3. The Morgan fingerprint density at radius 3 is 1.91 bits per heavy atom. The van der Waals surface area contributed by atoms with Crippen LogP contribution in [0.2, 0.25) is 0 Å².